The van der Waals surface area contributed by atoms with Crippen molar-refractivity contribution in [2.75, 3.05) is 26.2 Å². The number of rotatable bonds is 5. The molecule has 6 heteroatoms. The summed E-state index contributed by atoms with van der Waals surface area (Å²) in [5, 5.41) is 14.3. The SMILES string of the molecule is CC(C)CCNC(=O)NC(=O)CN1CCC(O)CC1. The van der Waals surface area contributed by atoms with E-state index in [-0.39, 0.29) is 18.6 Å². The Bertz CT molecular complexity index is 300. The third kappa shape index (κ3) is 7.12. The zero-order valence-electron chi connectivity index (χ0n) is 11.8. The van der Waals surface area contributed by atoms with Gasteiger partial charge in [-0.3, -0.25) is 15.0 Å². The van der Waals surface area contributed by atoms with Crippen molar-refractivity contribution in [3.8, 4) is 0 Å². The van der Waals surface area contributed by atoms with Crippen LogP contribution in [0.3, 0.4) is 0 Å². The first-order valence-electron chi connectivity index (χ1n) is 6.95. The van der Waals surface area contributed by atoms with Crippen LogP contribution in [0.5, 0.6) is 0 Å². The summed E-state index contributed by atoms with van der Waals surface area (Å²) < 4.78 is 0. The zero-order chi connectivity index (χ0) is 14.3. The second-order valence-electron chi connectivity index (χ2n) is 5.49. The molecule has 1 fully saturated rings. The molecule has 1 rings (SSSR count). The molecule has 1 aliphatic heterocycles. The highest BCUT2D eigenvalue weighted by atomic mass is 16.3. The molecule has 1 heterocycles. The van der Waals surface area contributed by atoms with Gasteiger partial charge in [0.1, 0.15) is 0 Å². The van der Waals surface area contributed by atoms with Gasteiger partial charge in [-0.15, -0.1) is 0 Å². The molecular weight excluding hydrogens is 246 g/mol. The van der Waals surface area contributed by atoms with E-state index in [9.17, 15) is 14.7 Å². The van der Waals surface area contributed by atoms with E-state index in [1.165, 1.54) is 0 Å². The van der Waals surface area contributed by atoms with Crippen LogP contribution in [0.25, 0.3) is 0 Å². The van der Waals surface area contributed by atoms with Gasteiger partial charge < -0.3 is 10.4 Å². The van der Waals surface area contributed by atoms with Crippen LogP contribution in [0.15, 0.2) is 0 Å². The largest absolute Gasteiger partial charge is 0.393 e. The summed E-state index contributed by atoms with van der Waals surface area (Å²) in [7, 11) is 0. The highest BCUT2D eigenvalue weighted by Crippen LogP contribution is 2.08. The molecule has 0 saturated carbocycles. The number of piperidine rings is 1. The molecule has 1 saturated heterocycles. The van der Waals surface area contributed by atoms with Gasteiger partial charge in [-0.05, 0) is 25.2 Å². The number of carbonyl (C=O) groups excluding carboxylic acids is 2. The van der Waals surface area contributed by atoms with Crippen molar-refractivity contribution in [1.29, 1.82) is 0 Å². The molecule has 0 unspecified atom stereocenters. The standard InChI is InChI=1S/C13H25N3O3/c1-10(2)3-6-14-13(19)15-12(18)9-16-7-4-11(17)5-8-16/h10-11,17H,3-9H2,1-2H3,(H2,14,15,18,19). The molecule has 1 aliphatic rings. The molecule has 0 bridgehead atoms. The van der Waals surface area contributed by atoms with Gasteiger partial charge in [0.25, 0.3) is 0 Å². The number of urea groups is 1. The first-order valence-corrected chi connectivity index (χ1v) is 6.95. The minimum atomic E-state index is -0.428. The third-order valence-electron chi connectivity index (χ3n) is 3.18. The first-order chi connectivity index (χ1) is 8.97. The monoisotopic (exact) mass is 271 g/mol. The predicted molar refractivity (Wildman–Crippen MR) is 72.7 cm³/mol. The summed E-state index contributed by atoms with van der Waals surface area (Å²) >= 11 is 0. The van der Waals surface area contributed by atoms with Gasteiger partial charge in [0.05, 0.1) is 12.6 Å². The number of carbonyl (C=O) groups is 2. The molecule has 0 aliphatic carbocycles. The molecule has 0 aromatic rings. The van der Waals surface area contributed by atoms with Gasteiger partial charge in [0.15, 0.2) is 0 Å². The van der Waals surface area contributed by atoms with Crippen LogP contribution >= 0.6 is 0 Å². The highest BCUT2D eigenvalue weighted by molar-refractivity contribution is 5.95. The highest BCUT2D eigenvalue weighted by Gasteiger charge is 2.19. The smallest absolute Gasteiger partial charge is 0.321 e. The van der Waals surface area contributed by atoms with E-state index >= 15 is 0 Å². The Labute approximate surface area is 114 Å². The van der Waals surface area contributed by atoms with Crippen LogP contribution in [0.4, 0.5) is 4.79 Å². The Morgan fingerprint density at radius 1 is 1.32 bits per heavy atom. The normalized spacial score (nSPS) is 17.5. The number of aliphatic hydroxyl groups excluding tert-OH is 1. The van der Waals surface area contributed by atoms with E-state index in [1.807, 2.05) is 4.90 Å². The maximum atomic E-state index is 11.6. The predicted octanol–water partition coefficient (Wildman–Crippen LogP) is 0.315. The van der Waals surface area contributed by atoms with Gasteiger partial charge in [-0.1, -0.05) is 13.8 Å². The Hall–Kier alpha value is -1.14. The fourth-order valence-corrected chi connectivity index (χ4v) is 1.97. The third-order valence-corrected chi connectivity index (χ3v) is 3.18. The van der Waals surface area contributed by atoms with Crippen LogP contribution in [0.1, 0.15) is 33.1 Å². The average Bonchev–Trinajstić information content (AvgIpc) is 2.31. The van der Waals surface area contributed by atoms with E-state index in [0.717, 1.165) is 6.42 Å². The fraction of sp³-hybridized carbons (Fsp3) is 0.846. The second kappa shape index (κ2) is 8.12. The maximum Gasteiger partial charge on any atom is 0.321 e. The lowest BCUT2D eigenvalue weighted by Gasteiger charge is -2.28. The van der Waals surface area contributed by atoms with Crippen molar-refractivity contribution in [3.63, 3.8) is 0 Å². The van der Waals surface area contributed by atoms with E-state index < -0.39 is 6.03 Å². The molecule has 110 valence electrons. The topological polar surface area (TPSA) is 81.7 Å². The molecule has 0 radical (unpaired) electrons. The van der Waals surface area contributed by atoms with Crippen LogP contribution in [0, 0.1) is 5.92 Å². The van der Waals surface area contributed by atoms with Gasteiger partial charge in [-0.2, -0.15) is 0 Å². The number of hydrogen-bond donors (Lipinski definition) is 3. The number of imide groups is 1. The van der Waals surface area contributed by atoms with Crippen molar-refractivity contribution < 1.29 is 14.7 Å². The fourth-order valence-electron chi connectivity index (χ4n) is 1.97. The zero-order valence-corrected chi connectivity index (χ0v) is 11.8. The quantitative estimate of drug-likeness (QED) is 0.672. The van der Waals surface area contributed by atoms with Crippen LogP contribution in [0.2, 0.25) is 0 Å². The molecule has 0 aromatic heterocycles. The number of aliphatic hydroxyl groups is 1. The lowest BCUT2D eigenvalue weighted by molar-refractivity contribution is -0.121. The Balaban J connectivity index is 2.14. The first kappa shape index (κ1) is 15.9. The summed E-state index contributed by atoms with van der Waals surface area (Å²) in [5.41, 5.74) is 0. The van der Waals surface area contributed by atoms with Crippen LogP contribution in [-0.4, -0.2) is 54.2 Å². The van der Waals surface area contributed by atoms with Gasteiger partial charge in [0.2, 0.25) is 5.91 Å². The molecule has 3 amide bonds. The Morgan fingerprint density at radius 2 is 1.95 bits per heavy atom. The van der Waals surface area contributed by atoms with Crippen LogP contribution < -0.4 is 10.6 Å². The van der Waals surface area contributed by atoms with Gasteiger partial charge in [0, 0.05) is 19.6 Å². The number of hydrogen-bond acceptors (Lipinski definition) is 4. The number of amides is 3. The van der Waals surface area contributed by atoms with Gasteiger partial charge in [-0.25, -0.2) is 4.79 Å². The summed E-state index contributed by atoms with van der Waals surface area (Å²) in [5.74, 6) is 0.231. The molecule has 0 aromatic carbocycles. The van der Waals surface area contributed by atoms with Crippen molar-refractivity contribution in [3.05, 3.63) is 0 Å². The van der Waals surface area contributed by atoms with Crippen molar-refractivity contribution >= 4 is 11.9 Å². The summed E-state index contributed by atoms with van der Waals surface area (Å²) in [4.78, 5) is 25.0. The number of nitrogens with one attached hydrogen (secondary N) is 2. The lowest BCUT2D eigenvalue weighted by atomic mass is 10.1. The Morgan fingerprint density at radius 3 is 2.53 bits per heavy atom. The molecule has 0 spiro atoms. The number of nitrogens with zero attached hydrogens (tertiary/aromatic N) is 1. The van der Waals surface area contributed by atoms with E-state index in [4.69, 9.17) is 0 Å². The minimum Gasteiger partial charge on any atom is -0.393 e. The maximum absolute atomic E-state index is 11.6. The average molecular weight is 271 g/mol. The van der Waals surface area contributed by atoms with Crippen molar-refractivity contribution in [2.45, 2.75) is 39.2 Å². The van der Waals surface area contributed by atoms with E-state index in [2.05, 4.69) is 24.5 Å². The molecule has 0 atom stereocenters. The van der Waals surface area contributed by atoms with E-state index in [0.29, 0.717) is 38.4 Å². The summed E-state index contributed by atoms with van der Waals surface area (Å²) in [6.45, 7) is 6.34. The van der Waals surface area contributed by atoms with Gasteiger partial charge >= 0.3 is 6.03 Å². The molecular formula is C13H25N3O3. The van der Waals surface area contributed by atoms with E-state index in [1.54, 1.807) is 0 Å². The van der Waals surface area contributed by atoms with Crippen LogP contribution in [-0.2, 0) is 4.79 Å². The molecule has 19 heavy (non-hydrogen) atoms. The van der Waals surface area contributed by atoms with Crippen molar-refractivity contribution in [2.24, 2.45) is 5.92 Å². The second-order valence-corrected chi connectivity index (χ2v) is 5.49. The minimum absolute atomic E-state index is 0.213. The number of likely N-dealkylation sites (tertiary alicyclic amines) is 1. The van der Waals surface area contributed by atoms with Crippen molar-refractivity contribution in [1.82, 2.24) is 15.5 Å². The summed E-state index contributed by atoms with van der Waals surface area (Å²) in [6, 6.07) is -0.428. The molecule has 3 N–H and O–H groups in total. The summed E-state index contributed by atoms with van der Waals surface area (Å²) in [6.07, 6.45) is 2.02. The Kier molecular flexibility index (Phi) is 6.80. The lowest BCUT2D eigenvalue weighted by Crippen LogP contribution is -2.47. The molecule has 6 nitrogen and oxygen atoms in total.